The fourth-order valence-electron chi connectivity index (χ4n) is 0.794. The van der Waals surface area contributed by atoms with Gasteiger partial charge in [-0.2, -0.15) is 0 Å². The number of aliphatic carboxylic acids is 1. The third-order valence-electron chi connectivity index (χ3n) is 1.51. The van der Waals surface area contributed by atoms with E-state index in [1.807, 2.05) is 6.08 Å². The second-order valence-corrected chi connectivity index (χ2v) is 9.22. The Morgan fingerprint density at radius 1 is 1.24 bits per heavy atom. The van der Waals surface area contributed by atoms with Crippen LogP contribution in [-0.2, 0) is 4.79 Å². The molecule has 0 unspecified atom stereocenters. The van der Waals surface area contributed by atoms with Crippen molar-refractivity contribution < 1.29 is 9.90 Å². The lowest BCUT2D eigenvalue weighted by Gasteiger charge is -2.01. The Labute approximate surface area is 104 Å². The van der Waals surface area contributed by atoms with Crippen molar-refractivity contribution in [3.05, 3.63) is 24.3 Å². The minimum atomic E-state index is -1.30. The van der Waals surface area contributed by atoms with Gasteiger partial charge in [-0.25, -0.2) is 4.79 Å². The van der Waals surface area contributed by atoms with E-state index < -0.39 is 14.0 Å². The van der Waals surface area contributed by atoms with Gasteiger partial charge in [-0.1, -0.05) is 43.8 Å². The molecule has 0 aliphatic carbocycles. The molecule has 0 aromatic carbocycles. The minimum Gasteiger partial charge on any atom is -0.478 e. The van der Waals surface area contributed by atoms with Crippen LogP contribution >= 0.6 is 0 Å². The number of carbonyl (C=O) groups is 1. The van der Waals surface area contributed by atoms with Crippen molar-refractivity contribution in [2.45, 2.75) is 32.5 Å². The van der Waals surface area contributed by atoms with Crippen molar-refractivity contribution >= 4 is 14.0 Å². The van der Waals surface area contributed by atoms with E-state index >= 15 is 0 Å². The molecule has 2 nitrogen and oxygen atoms in total. The highest BCUT2D eigenvalue weighted by Crippen LogP contribution is 1.95. The van der Waals surface area contributed by atoms with E-state index in [1.54, 1.807) is 6.08 Å². The fourth-order valence-corrected chi connectivity index (χ4v) is 1.23. The molecule has 0 aromatic heterocycles. The van der Waals surface area contributed by atoms with Crippen molar-refractivity contribution in [2.75, 3.05) is 0 Å². The molecule has 0 saturated heterocycles. The van der Waals surface area contributed by atoms with Crippen LogP contribution in [0.2, 0.25) is 19.6 Å². The topological polar surface area (TPSA) is 37.3 Å². The van der Waals surface area contributed by atoms with Crippen molar-refractivity contribution in [1.82, 2.24) is 0 Å². The lowest BCUT2D eigenvalue weighted by atomic mass is 10.3. The van der Waals surface area contributed by atoms with E-state index in [2.05, 4.69) is 42.9 Å². The molecule has 0 bridgehead atoms. The Hall–Kier alpha value is -1.71. The first-order valence-corrected chi connectivity index (χ1v) is 8.98. The predicted octanol–water partition coefficient (Wildman–Crippen LogP) is 2.85. The zero-order valence-electron chi connectivity index (χ0n) is 10.6. The minimum absolute atomic E-state index is 0.748. The van der Waals surface area contributed by atoms with Gasteiger partial charge in [0.2, 0.25) is 0 Å². The summed E-state index contributed by atoms with van der Waals surface area (Å²) in [5.74, 6) is 7.74. The molecule has 1 N–H and O–H groups in total. The summed E-state index contributed by atoms with van der Waals surface area (Å²) >= 11 is 0. The van der Waals surface area contributed by atoms with Crippen LogP contribution < -0.4 is 0 Å². The van der Waals surface area contributed by atoms with Gasteiger partial charge < -0.3 is 5.11 Å². The second-order valence-electron chi connectivity index (χ2n) is 4.47. The van der Waals surface area contributed by atoms with Crippen molar-refractivity contribution in [1.29, 1.82) is 0 Å². The monoisotopic (exact) mass is 246 g/mol. The maximum atomic E-state index is 10.1. The highest BCUT2D eigenvalue weighted by atomic mass is 28.3. The molecule has 17 heavy (non-hydrogen) atoms. The van der Waals surface area contributed by atoms with Crippen LogP contribution in [0.3, 0.4) is 0 Å². The fraction of sp³-hybridized carbons (Fsp3) is 0.357. The molecule has 0 heterocycles. The predicted molar refractivity (Wildman–Crippen MR) is 74.0 cm³/mol. The molecule has 0 aliphatic rings. The van der Waals surface area contributed by atoms with Crippen LogP contribution in [0.5, 0.6) is 0 Å². The summed E-state index contributed by atoms with van der Waals surface area (Å²) in [6.45, 7) is 6.54. The molecule has 0 aromatic rings. The third kappa shape index (κ3) is 14.3. The number of carboxylic acid groups (broad SMARTS) is 1. The molecule has 90 valence electrons. The van der Waals surface area contributed by atoms with Crippen molar-refractivity contribution in [3.8, 4) is 23.3 Å². The molecule has 0 fully saturated rings. The molecular formula is C14H18O2Si. The van der Waals surface area contributed by atoms with Gasteiger partial charge in [0.15, 0.2) is 0 Å². The summed E-state index contributed by atoms with van der Waals surface area (Å²) in [5, 5.41) is 8.32. The van der Waals surface area contributed by atoms with Crippen molar-refractivity contribution in [2.24, 2.45) is 0 Å². The van der Waals surface area contributed by atoms with E-state index in [4.69, 9.17) is 5.11 Å². The van der Waals surface area contributed by atoms with Gasteiger partial charge in [-0.15, -0.1) is 5.54 Å². The van der Waals surface area contributed by atoms with Crippen LogP contribution in [-0.4, -0.2) is 19.1 Å². The lowest BCUT2D eigenvalue weighted by Crippen LogP contribution is -2.16. The van der Waals surface area contributed by atoms with Crippen LogP contribution in [0.25, 0.3) is 0 Å². The van der Waals surface area contributed by atoms with Gasteiger partial charge in [-0.05, 0) is 18.3 Å². The summed E-state index contributed by atoms with van der Waals surface area (Å²) in [5.41, 5.74) is 3.17. The lowest BCUT2D eigenvalue weighted by molar-refractivity contribution is -0.131. The summed E-state index contributed by atoms with van der Waals surface area (Å²) in [6, 6.07) is 0. The zero-order valence-corrected chi connectivity index (χ0v) is 11.6. The molecule has 0 rings (SSSR count). The Morgan fingerprint density at radius 3 is 2.53 bits per heavy atom. The van der Waals surface area contributed by atoms with Gasteiger partial charge in [0.25, 0.3) is 0 Å². The molecule has 0 radical (unpaired) electrons. The molecule has 0 saturated carbocycles. The summed E-state index contributed by atoms with van der Waals surface area (Å²) in [7, 11) is -1.30. The van der Waals surface area contributed by atoms with Crippen LogP contribution in [0, 0.1) is 23.3 Å². The van der Waals surface area contributed by atoms with Crippen LogP contribution in [0.4, 0.5) is 0 Å². The molecule has 3 heteroatoms. The quantitative estimate of drug-likeness (QED) is 0.272. The smallest absolute Gasteiger partial charge is 0.328 e. The first-order valence-electron chi connectivity index (χ1n) is 5.48. The van der Waals surface area contributed by atoms with E-state index in [1.165, 1.54) is 6.08 Å². The van der Waals surface area contributed by atoms with Crippen molar-refractivity contribution in [3.63, 3.8) is 0 Å². The second kappa shape index (κ2) is 8.44. The summed E-state index contributed by atoms with van der Waals surface area (Å²) < 4.78 is 0. The zero-order chi connectivity index (χ0) is 13.1. The Bertz CT molecular complexity index is 417. The van der Waals surface area contributed by atoms with E-state index in [-0.39, 0.29) is 0 Å². The summed E-state index contributed by atoms with van der Waals surface area (Å²) in [6.07, 6.45) is 7.76. The van der Waals surface area contributed by atoms with Gasteiger partial charge in [0.1, 0.15) is 8.07 Å². The number of unbranched alkanes of at least 4 members (excludes halogenated alkanes) is 1. The molecule has 0 aliphatic heterocycles. The third-order valence-corrected chi connectivity index (χ3v) is 2.39. The number of hydrogen-bond donors (Lipinski definition) is 1. The number of rotatable bonds is 4. The van der Waals surface area contributed by atoms with E-state index in [0.717, 1.165) is 18.9 Å². The number of hydrogen-bond acceptors (Lipinski definition) is 1. The van der Waals surface area contributed by atoms with Gasteiger partial charge in [0.05, 0.1) is 0 Å². The molecule has 0 amide bonds. The molecule has 0 atom stereocenters. The Kier molecular flexibility index (Phi) is 7.59. The first kappa shape index (κ1) is 15.3. The van der Waals surface area contributed by atoms with Crippen LogP contribution in [0.15, 0.2) is 24.3 Å². The molecular weight excluding hydrogens is 228 g/mol. The first-order chi connectivity index (χ1) is 7.92. The van der Waals surface area contributed by atoms with Crippen LogP contribution in [0.1, 0.15) is 12.8 Å². The maximum Gasteiger partial charge on any atom is 0.328 e. The summed E-state index contributed by atoms with van der Waals surface area (Å²) in [4.78, 5) is 10.1. The number of allylic oxidation sites excluding steroid dienone is 3. The van der Waals surface area contributed by atoms with E-state index in [9.17, 15) is 4.79 Å². The molecule has 0 spiro atoms. The van der Waals surface area contributed by atoms with Gasteiger partial charge in [0, 0.05) is 12.5 Å². The SMILES string of the molecule is C[Si](C)(C)C#CC#CCCC=CC=CC(=O)O. The Balaban J connectivity index is 3.82. The van der Waals surface area contributed by atoms with E-state index in [0.29, 0.717) is 0 Å². The maximum absolute atomic E-state index is 10.1. The number of carboxylic acids is 1. The average molecular weight is 246 g/mol. The van der Waals surface area contributed by atoms with Gasteiger partial charge in [-0.3, -0.25) is 0 Å². The average Bonchev–Trinajstić information content (AvgIpc) is 2.18. The largest absolute Gasteiger partial charge is 0.478 e. The highest BCUT2D eigenvalue weighted by molar-refractivity contribution is 6.83. The highest BCUT2D eigenvalue weighted by Gasteiger charge is 2.06. The Morgan fingerprint density at radius 2 is 1.94 bits per heavy atom. The normalized spacial score (nSPS) is 10.8. The standard InChI is InChI=1S/C14H18O2Si/c1-17(2,3)13-11-9-7-5-4-6-8-10-12-14(15)16/h6,8,10,12H,4-5H2,1-3H3,(H,15,16). The van der Waals surface area contributed by atoms with Gasteiger partial charge >= 0.3 is 5.97 Å².